The summed E-state index contributed by atoms with van der Waals surface area (Å²) in [6, 6.07) is 13.1. The number of aliphatic imine (C=N–C) groups is 1. The van der Waals surface area contributed by atoms with Crippen LogP contribution in [0, 0.1) is 0 Å². The van der Waals surface area contributed by atoms with Gasteiger partial charge >= 0.3 is 5.97 Å². The van der Waals surface area contributed by atoms with Gasteiger partial charge in [-0.15, -0.1) is 0 Å². The largest absolute Gasteiger partial charge is 0.550 e. The lowest BCUT2D eigenvalue weighted by Crippen LogP contribution is -2.80. The van der Waals surface area contributed by atoms with Crippen molar-refractivity contribution < 1.29 is 29.5 Å². The second-order valence-corrected chi connectivity index (χ2v) is 5.10. The molecule has 0 unspecified atom stereocenters. The van der Waals surface area contributed by atoms with Crippen molar-refractivity contribution in [3.63, 3.8) is 0 Å². The highest BCUT2D eigenvalue weighted by atomic mass is 16.5. The number of carbonyl (C=O) groups is 2. The maximum Gasteiger partial charge on any atom is 0.340 e. The molecule has 0 radical (unpaired) electrons. The Bertz CT molecular complexity index is 809. The molecule has 0 saturated carbocycles. The summed E-state index contributed by atoms with van der Waals surface area (Å²) in [7, 11) is 3.00. The van der Waals surface area contributed by atoms with E-state index in [0.29, 0.717) is 11.3 Å². The number of hydrogen-bond acceptors (Lipinski definition) is 6. The number of para-hydroxylation sites is 1. The number of carboxylic acids is 1. The van der Waals surface area contributed by atoms with Gasteiger partial charge in [-0.2, -0.15) is 4.99 Å². The molecule has 0 aliphatic carbocycles. The van der Waals surface area contributed by atoms with Crippen LogP contribution in [0.4, 0.5) is 11.4 Å². The number of carboxylic acid groups (broad SMARTS) is 1. The zero-order valence-corrected chi connectivity index (χ0v) is 14.1. The minimum absolute atomic E-state index is 0.375. The van der Waals surface area contributed by atoms with Crippen LogP contribution in [0.2, 0.25) is 0 Å². The van der Waals surface area contributed by atoms with E-state index in [1.54, 1.807) is 13.2 Å². The standard InChI is InChI=1S/C16H14N2O3.C2H4O2/c1-20-11-8-6-10(7-9-11)15-17-13-5-3-4-12(14(13)18-15)16(19)21-2;1-2(3)4/h3-9H,1-2H3,(H,17,18);1H3,(H,3,4). The van der Waals surface area contributed by atoms with E-state index < -0.39 is 5.97 Å². The van der Waals surface area contributed by atoms with Crippen LogP contribution in [0.25, 0.3) is 0 Å². The fourth-order valence-corrected chi connectivity index (χ4v) is 2.29. The number of hydrogen-bond donors (Lipinski definition) is 1. The van der Waals surface area contributed by atoms with Crippen LogP contribution in [-0.4, -0.2) is 32.0 Å². The summed E-state index contributed by atoms with van der Waals surface area (Å²) in [6.07, 6.45) is 0. The summed E-state index contributed by atoms with van der Waals surface area (Å²) in [5.41, 5.74) is 3.04. The highest BCUT2D eigenvalue weighted by Crippen LogP contribution is 2.30. The fourth-order valence-electron chi connectivity index (χ4n) is 2.29. The van der Waals surface area contributed by atoms with Crippen molar-refractivity contribution in [2.75, 3.05) is 14.2 Å². The van der Waals surface area contributed by atoms with E-state index in [0.717, 1.165) is 29.8 Å². The zero-order valence-electron chi connectivity index (χ0n) is 14.1. The molecule has 0 aromatic heterocycles. The zero-order chi connectivity index (χ0) is 18.4. The lowest BCUT2D eigenvalue weighted by molar-refractivity contribution is -0.437. The van der Waals surface area contributed by atoms with Gasteiger partial charge in [0, 0.05) is 12.0 Å². The van der Waals surface area contributed by atoms with Gasteiger partial charge in [0.1, 0.15) is 11.4 Å². The number of amidine groups is 1. The topological polar surface area (TPSA) is 105 Å². The Kier molecular flexibility index (Phi) is 5.86. The Hall–Kier alpha value is -3.19. The molecule has 0 spiro atoms. The number of ether oxygens (including phenoxy) is 2. The minimum atomic E-state index is -1.08. The second kappa shape index (κ2) is 8.07. The number of quaternary nitrogens is 1. The molecule has 1 aliphatic heterocycles. The molecule has 7 heteroatoms. The van der Waals surface area contributed by atoms with Crippen molar-refractivity contribution >= 4 is 29.1 Å². The first-order valence-electron chi connectivity index (χ1n) is 7.43. The maximum absolute atomic E-state index is 11.8. The average molecular weight is 342 g/mol. The lowest BCUT2D eigenvalue weighted by atomic mass is 10.1. The summed E-state index contributed by atoms with van der Waals surface area (Å²) in [5, 5.41) is 10.9. The quantitative estimate of drug-likeness (QED) is 0.647. The summed E-state index contributed by atoms with van der Waals surface area (Å²) in [5.74, 6) is 0.161. The number of carbonyl (C=O) groups excluding carboxylic acids is 2. The molecule has 2 aromatic carbocycles. The number of methoxy groups -OCH3 is 2. The lowest BCUT2D eigenvalue weighted by Gasteiger charge is -2.01. The fraction of sp³-hybridized carbons (Fsp3) is 0.167. The summed E-state index contributed by atoms with van der Waals surface area (Å²) in [4.78, 5) is 25.2. The van der Waals surface area contributed by atoms with Crippen molar-refractivity contribution in [2.24, 2.45) is 4.99 Å². The number of rotatable bonds is 3. The van der Waals surface area contributed by atoms with E-state index in [2.05, 4.69) is 4.99 Å². The Balaban J connectivity index is 0.000000511. The molecule has 0 atom stereocenters. The number of benzene rings is 2. The number of aliphatic carboxylic acids is 1. The van der Waals surface area contributed by atoms with Crippen molar-refractivity contribution in [1.29, 1.82) is 0 Å². The average Bonchev–Trinajstić information content (AvgIpc) is 3.04. The summed E-state index contributed by atoms with van der Waals surface area (Å²) in [6.45, 7) is 0.972. The Labute approximate surface area is 144 Å². The van der Waals surface area contributed by atoms with Crippen LogP contribution >= 0.6 is 0 Å². The van der Waals surface area contributed by atoms with E-state index in [1.165, 1.54) is 7.11 Å². The number of fused-ring (bicyclic) bond motifs is 1. The molecular weight excluding hydrogens is 324 g/mol. The molecule has 25 heavy (non-hydrogen) atoms. The molecule has 7 nitrogen and oxygen atoms in total. The molecule has 1 heterocycles. The Morgan fingerprint density at radius 1 is 1.08 bits per heavy atom. The van der Waals surface area contributed by atoms with E-state index in [-0.39, 0.29) is 5.97 Å². The first kappa shape index (κ1) is 18.2. The van der Waals surface area contributed by atoms with Crippen LogP contribution in [0.15, 0.2) is 47.5 Å². The molecular formula is C18H18N2O5. The number of nitrogens with two attached hydrogens (primary N) is 1. The maximum atomic E-state index is 11.8. The van der Waals surface area contributed by atoms with Gasteiger partial charge < -0.3 is 19.4 Å². The van der Waals surface area contributed by atoms with Crippen molar-refractivity contribution in [3.8, 4) is 5.75 Å². The predicted molar refractivity (Wildman–Crippen MR) is 89.2 cm³/mol. The number of nitrogens with zero attached hydrogens (tertiary/aromatic N) is 1. The van der Waals surface area contributed by atoms with Crippen molar-refractivity contribution in [2.45, 2.75) is 6.92 Å². The van der Waals surface area contributed by atoms with E-state index >= 15 is 0 Å². The van der Waals surface area contributed by atoms with Gasteiger partial charge in [-0.3, -0.25) is 5.32 Å². The first-order chi connectivity index (χ1) is 12.0. The van der Waals surface area contributed by atoms with Crippen LogP contribution < -0.4 is 15.2 Å². The number of esters is 1. The predicted octanol–water partition coefficient (Wildman–Crippen LogP) is 0.525. The molecule has 1 aliphatic rings. The van der Waals surface area contributed by atoms with Gasteiger partial charge in [-0.25, -0.2) is 4.79 Å². The molecule has 0 amide bonds. The van der Waals surface area contributed by atoms with Crippen LogP contribution in [0.5, 0.6) is 5.75 Å². The van der Waals surface area contributed by atoms with E-state index in [9.17, 15) is 4.79 Å². The van der Waals surface area contributed by atoms with Gasteiger partial charge in [0.05, 0.1) is 25.3 Å². The molecule has 0 saturated heterocycles. The third kappa shape index (κ3) is 4.42. The summed E-state index contributed by atoms with van der Waals surface area (Å²) < 4.78 is 9.94. The summed E-state index contributed by atoms with van der Waals surface area (Å²) >= 11 is 0. The molecule has 3 rings (SSSR count). The third-order valence-corrected chi connectivity index (χ3v) is 3.38. The van der Waals surface area contributed by atoms with Gasteiger partial charge in [0.2, 0.25) is 5.84 Å². The van der Waals surface area contributed by atoms with Gasteiger partial charge in [0.25, 0.3) is 0 Å². The van der Waals surface area contributed by atoms with Gasteiger partial charge in [0.15, 0.2) is 5.69 Å². The molecule has 2 N–H and O–H groups in total. The normalized spacial score (nSPS) is 11.6. The Morgan fingerprint density at radius 2 is 1.72 bits per heavy atom. The molecule has 130 valence electrons. The minimum Gasteiger partial charge on any atom is -0.550 e. The highest BCUT2D eigenvalue weighted by Gasteiger charge is 2.26. The highest BCUT2D eigenvalue weighted by molar-refractivity contribution is 6.04. The van der Waals surface area contributed by atoms with Crippen LogP contribution in [0.3, 0.4) is 0 Å². The Morgan fingerprint density at radius 3 is 2.28 bits per heavy atom. The second-order valence-electron chi connectivity index (χ2n) is 5.10. The third-order valence-electron chi connectivity index (χ3n) is 3.38. The smallest absolute Gasteiger partial charge is 0.340 e. The van der Waals surface area contributed by atoms with E-state index in [1.807, 2.05) is 41.7 Å². The molecule has 2 aromatic rings. The first-order valence-corrected chi connectivity index (χ1v) is 7.43. The van der Waals surface area contributed by atoms with Crippen LogP contribution in [0.1, 0.15) is 22.8 Å². The van der Waals surface area contributed by atoms with Crippen LogP contribution in [-0.2, 0) is 9.53 Å². The van der Waals surface area contributed by atoms with E-state index in [4.69, 9.17) is 19.4 Å². The van der Waals surface area contributed by atoms with Gasteiger partial charge in [-0.1, -0.05) is 6.07 Å². The van der Waals surface area contributed by atoms with Gasteiger partial charge in [-0.05, 0) is 37.3 Å². The molecule has 0 bridgehead atoms. The van der Waals surface area contributed by atoms with Crippen molar-refractivity contribution in [3.05, 3.63) is 53.6 Å². The monoisotopic (exact) mass is 342 g/mol. The van der Waals surface area contributed by atoms with Crippen molar-refractivity contribution in [1.82, 2.24) is 0 Å². The SMILES string of the molecule is CC(=O)[O-].COC(=O)c1cccc2c1N=C(c1ccc(OC)cc1)[NH2+]2. The molecule has 0 fully saturated rings.